The number of aliphatic imine (C=N–C) groups is 1. The number of piperidine rings is 1. The van der Waals surface area contributed by atoms with Gasteiger partial charge in [-0.15, -0.1) is 0 Å². The number of allylic oxidation sites excluding steroid dienone is 1. The molecule has 3 N–H and O–H groups in total. The largest absolute Gasteiger partial charge is 0.423 e. The molecule has 2 unspecified atom stereocenters. The maximum Gasteiger partial charge on any atom is 0.324 e. The Morgan fingerprint density at radius 3 is 2.77 bits per heavy atom. The SMILES string of the molecule is CNc1cc(F)cc2c1Cc1nc(Oc3cncc(C4=CCN=C4)c3)nc(N3CC4C(N)C4C3)c1-2. The van der Waals surface area contributed by atoms with Crippen LogP contribution in [0.1, 0.15) is 16.8 Å². The van der Waals surface area contributed by atoms with E-state index in [1.807, 2.05) is 18.4 Å². The number of aromatic nitrogens is 3. The van der Waals surface area contributed by atoms with E-state index in [1.54, 1.807) is 25.5 Å². The highest BCUT2D eigenvalue weighted by Crippen LogP contribution is 2.50. The second-order valence-electron chi connectivity index (χ2n) is 9.53. The first-order valence-corrected chi connectivity index (χ1v) is 11.8. The van der Waals surface area contributed by atoms with Crippen molar-refractivity contribution >= 4 is 23.3 Å². The summed E-state index contributed by atoms with van der Waals surface area (Å²) in [7, 11) is 1.80. The highest BCUT2D eigenvalue weighted by Gasteiger charge is 2.54. The monoisotopic (exact) mass is 469 g/mol. The average molecular weight is 470 g/mol. The summed E-state index contributed by atoms with van der Waals surface area (Å²) in [4.78, 5) is 20.4. The van der Waals surface area contributed by atoms with Gasteiger partial charge in [-0.25, -0.2) is 4.39 Å². The molecule has 176 valence electrons. The van der Waals surface area contributed by atoms with Crippen LogP contribution in [-0.2, 0) is 6.42 Å². The third kappa shape index (κ3) is 3.30. The number of nitrogens with zero attached hydrogens (tertiary/aromatic N) is 5. The first-order chi connectivity index (χ1) is 17.1. The number of hydrogen-bond donors (Lipinski definition) is 2. The highest BCUT2D eigenvalue weighted by molar-refractivity contribution is 6.11. The van der Waals surface area contributed by atoms with Crippen molar-refractivity contribution in [1.29, 1.82) is 0 Å². The van der Waals surface area contributed by atoms with Gasteiger partial charge in [-0.2, -0.15) is 9.97 Å². The molecule has 1 aromatic carbocycles. The fourth-order valence-electron chi connectivity index (χ4n) is 5.62. The van der Waals surface area contributed by atoms with Crippen molar-refractivity contribution in [3.05, 3.63) is 59.3 Å². The number of halogens is 1. The number of nitrogens with one attached hydrogen (secondary N) is 1. The molecule has 1 saturated heterocycles. The molecule has 35 heavy (non-hydrogen) atoms. The lowest BCUT2D eigenvalue weighted by atomic mass is 10.0. The minimum atomic E-state index is -0.286. The van der Waals surface area contributed by atoms with Crippen molar-refractivity contribution in [3.8, 4) is 22.9 Å². The van der Waals surface area contributed by atoms with Crippen molar-refractivity contribution in [2.75, 3.05) is 36.9 Å². The van der Waals surface area contributed by atoms with Crippen molar-refractivity contribution in [2.24, 2.45) is 22.6 Å². The minimum absolute atomic E-state index is 0.260. The van der Waals surface area contributed by atoms with Crippen LogP contribution in [0.4, 0.5) is 15.9 Å². The van der Waals surface area contributed by atoms with Crippen molar-refractivity contribution in [1.82, 2.24) is 15.0 Å². The molecule has 4 heterocycles. The molecular weight excluding hydrogens is 445 g/mol. The standard InChI is InChI=1S/C26H24FN7O/c1-29-21-6-15(27)5-18-17(21)7-22-23(18)25(34-11-19-20(12-34)24(19)28)33-26(32-22)35-16-4-14(9-31-10-16)13-2-3-30-8-13/h2,4-6,8-10,19-20,24,29H,3,7,11-12,28H2,1H3. The van der Waals surface area contributed by atoms with Crippen LogP contribution in [0.5, 0.6) is 11.8 Å². The van der Waals surface area contributed by atoms with E-state index >= 15 is 0 Å². The van der Waals surface area contributed by atoms with Crippen LogP contribution in [0.3, 0.4) is 0 Å². The summed E-state index contributed by atoms with van der Waals surface area (Å²) >= 11 is 0. The molecule has 0 amide bonds. The number of ether oxygens (including phenoxy) is 1. The van der Waals surface area contributed by atoms with E-state index in [1.165, 1.54) is 6.07 Å². The van der Waals surface area contributed by atoms with Crippen LogP contribution in [0.25, 0.3) is 16.7 Å². The van der Waals surface area contributed by atoms with E-state index in [0.29, 0.717) is 30.6 Å². The zero-order valence-electron chi connectivity index (χ0n) is 19.2. The first-order valence-electron chi connectivity index (χ1n) is 11.8. The lowest BCUT2D eigenvalue weighted by molar-refractivity contribution is 0.438. The zero-order valence-corrected chi connectivity index (χ0v) is 19.2. The van der Waals surface area contributed by atoms with Crippen LogP contribution in [0, 0.1) is 17.7 Å². The molecule has 3 aromatic rings. The summed E-state index contributed by atoms with van der Waals surface area (Å²) in [5, 5.41) is 3.13. The molecule has 2 aliphatic carbocycles. The summed E-state index contributed by atoms with van der Waals surface area (Å²) in [6, 6.07) is 5.55. The lowest BCUT2D eigenvalue weighted by Crippen LogP contribution is -2.29. The fourth-order valence-corrected chi connectivity index (χ4v) is 5.62. The van der Waals surface area contributed by atoms with Crippen LogP contribution >= 0.6 is 0 Å². The molecule has 2 atom stereocenters. The summed E-state index contributed by atoms with van der Waals surface area (Å²) in [6.45, 7) is 2.35. The molecule has 2 aromatic heterocycles. The molecule has 2 fully saturated rings. The Bertz CT molecular complexity index is 1420. The summed E-state index contributed by atoms with van der Waals surface area (Å²) < 4.78 is 20.7. The van der Waals surface area contributed by atoms with E-state index in [0.717, 1.165) is 58.1 Å². The third-order valence-electron chi connectivity index (χ3n) is 7.50. The molecule has 9 heteroatoms. The number of pyridine rings is 1. The fraction of sp³-hybridized carbons (Fsp3) is 0.308. The number of hydrogen-bond acceptors (Lipinski definition) is 8. The quantitative estimate of drug-likeness (QED) is 0.463. The van der Waals surface area contributed by atoms with E-state index in [4.69, 9.17) is 20.4 Å². The molecule has 8 nitrogen and oxygen atoms in total. The van der Waals surface area contributed by atoms with Gasteiger partial charge in [0.2, 0.25) is 0 Å². The second-order valence-corrected chi connectivity index (χ2v) is 9.53. The number of rotatable bonds is 5. The summed E-state index contributed by atoms with van der Waals surface area (Å²) in [5.41, 5.74) is 12.5. The van der Waals surface area contributed by atoms with Gasteiger partial charge in [-0.3, -0.25) is 9.98 Å². The molecule has 0 radical (unpaired) electrons. The van der Waals surface area contributed by atoms with Gasteiger partial charge >= 0.3 is 6.01 Å². The van der Waals surface area contributed by atoms with Gasteiger partial charge in [0.25, 0.3) is 0 Å². The van der Waals surface area contributed by atoms with Crippen LogP contribution in [0.15, 0.2) is 41.7 Å². The van der Waals surface area contributed by atoms with Crippen molar-refractivity contribution < 1.29 is 9.13 Å². The Labute approximate surface area is 201 Å². The number of anilines is 2. The van der Waals surface area contributed by atoms with Crippen molar-refractivity contribution in [3.63, 3.8) is 0 Å². The number of nitrogens with two attached hydrogens (primary N) is 1. The van der Waals surface area contributed by atoms with Crippen LogP contribution in [0.2, 0.25) is 0 Å². The van der Waals surface area contributed by atoms with Gasteiger partial charge in [0.15, 0.2) is 0 Å². The van der Waals surface area contributed by atoms with Crippen LogP contribution < -0.4 is 20.7 Å². The van der Waals surface area contributed by atoms with Crippen molar-refractivity contribution in [2.45, 2.75) is 12.5 Å². The van der Waals surface area contributed by atoms with E-state index in [2.05, 4.69) is 20.2 Å². The van der Waals surface area contributed by atoms with Gasteiger partial charge < -0.3 is 20.7 Å². The summed E-state index contributed by atoms with van der Waals surface area (Å²) in [5.74, 6) is 2.01. The molecule has 7 rings (SSSR count). The lowest BCUT2D eigenvalue weighted by Gasteiger charge is -2.23. The van der Waals surface area contributed by atoms with Gasteiger partial charge in [-0.05, 0) is 46.7 Å². The summed E-state index contributed by atoms with van der Waals surface area (Å²) in [6.07, 6.45) is 7.90. The second kappa shape index (κ2) is 7.58. The maximum atomic E-state index is 14.5. The first kappa shape index (κ1) is 20.5. The minimum Gasteiger partial charge on any atom is -0.423 e. The van der Waals surface area contributed by atoms with E-state index in [-0.39, 0.29) is 17.9 Å². The molecule has 0 spiro atoms. The Morgan fingerprint density at radius 2 is 2.00 bits per heavy atom. The molecule has 2 aliphatic heterocycles. The molecular formula is C26H24FN7O. The maximum absolute atomic E-state index is 14.5. The van der Waals surface area contributed by atoms with E-state index in [9.17, 15) is 4.39 Å². The highest BCUT2D eigenvalue weighted by atomic mass is 19.1. The Balaban J connectivity index is 1.30. The smallest absolute Gasteiger partial charge is 0.324 e. The number of fused-ring (bicyclic) bond motifs is 4. The van der Waals surface area contributed by atoms with Gasteiger partial charge in [-0.1, -0.05) is 6.08 Å². The predicted octanol–water partition coefficient (Wildman–Crippen LogP) is 3.28. The Morgan fingerprint density at radius 1 is 1.14 bits per heavy atom. The van der Waals surface area contributed by atoms with Gasteiger partial charge in [0, 0.05) is 61.8 Å². The topological polar surface area (TPSA) is 102 Å². The normalized spacial score (nSPS) is 23.1. The molecule has 0 bridgehead atoms. The predicted molar refractivity (Wildman–Crippen MR) is 133 cm³/mol. The molecule has 1 saturated carbocycles. The Kier molecular flexibility index (Phi) is 4.44. The number of benzene rings is 1. The third-order valence-corrected chi connectivity index (χ3v) is 7.50. The van der Waals surface area contributed by atoms with Gasteiger partial charge in [0.1, 0.15) is 17.4 Å². The average Bonchev–Trinajstić information content (AvgIpc) is 3.39. The molecule has 4 aliphatic rings. The van der Waals surface area contributed by atoms with Crippen LogP contribution in [-0.4, -0.2) is 53.9 Å². The Hall–Kier alpha value is -3.85. The van der Waals surface area contributed by atoms with E-state index < -0.39 is 0 Å². The van der Waals surface area contributed by atoms with Gasteiger partial charge in [0.05, 0.1) is 18.4 Å². The zero-order chi connectivity index (χ0) is 23.7.